The summed E-state index contributed by atoms with van der Waals surface area (Å²) in [6.45, 7) is 4.26. The van der Waals surface area contributed by atoms with E-state index in [0.29, 0.717) is 29.9 Å². The summed E-state index contributed by atoms with van der Waals surface area (Å²) in [6.07, 6.45) is 4.42. The number of piperidine rings is 1. The van der Waals surface area contributed by atoms with E-state index in [4.69, 9.17) is 0 Å². The van der Waals surface area contributed by atoms with Gasteiger partial charge in [0.25, 0.3) is 0 Å². The lowest BCUT2D eigenvalue weighted by molar-refractivity contribution is 0.288. The zero-order valence-corrected chi connectivity index (χ0v) is 14.9. The first kappa shape index (κ1) is 16.1. The number of H-pyrrole nitrogens is 1. The molecule has 2 heterocycles. The molecule has 130 valence electrons. The van der Waals surface area contributed by atoms with Gasteiger partial charge in [-0.3, -0.25) is 0 Å². The monoisotopic (exact) mass is 347 g/mol. The van der Waals surface area contributed by atoms with Crippen molar-refractivity contribution < 1.29 is 8.42 Å². The van der Waals surface area contributed by atoms with Gasteiger partial charge in [-0.05, 0) is 55.9 Å². The molecule has 0 bridgehead atoms. The Balaban J connectivity index is 1.56. The Kier molecular flexibility index (Phi) is 4.14. The number of hydrogen-bond donors (Lipinski definition) is 2. The maximum atomic E-state index is 12.9. The molecular weight excluding hydrogens is 322 g/mol. The van der Waals surface area contributed by atoms with Crippen molar-refractivity contribution in [1.29, 1.82) is 0 Å². The van der Waals surface area contributed by atoms with E-state index in [1.54, 1.807) is 16.4 Å². The molecule has 2 aromatic rings. The van der Waals surface area contributed by atoms with Gasteiger partial charge < -0.3 is 10.3 Å². The number of aromatic nitrogens is 1. The van der Waals surface area contributed by atoms with E-state index < -0.39 is 10.0 Å². The first-order chi connectivity index (χ1) is 11.5. The normalized spacial score (nSPS) is 20.7. The first-order valence-electron chi connectivity index (χ1n) is 8.87. The van der Waals surface area contributed by atoms with Gasteiger partial charge in [-0.1, -0.05) is 6.92 Å². The number of sulfonamides is 1. The molecule has 1 saturated carbocycles. The van der Waals surface area contributed by atoms with Crippen molar-refractivity contribution in [2.75, 3.05) is 13.1 Å². The van der Waals surface area contributed by atoms with E-state index >= 15 is 0 Å². The summed E-state index contributed by atoms with van der Waals surface area (Å²) >= 11 is 0. The van der Waals surface area contributed by atoms with Gasteiger partial charge in [-0.25, -0.2) is 8.42 Å². The average molecular weight is 347 g/mol. The van der Waals surface area contributed by atoms with Gasteiger partial charge in [0.05, 0.1) is 4.90 Å². The van der Waals surface area contributed by atoms with Crippen molar-refractivity contribution in [3.8, 4) is 0 Å². The van der Waals surface area contributed by atoms with Gasteiger partial charge in [-0.15, -0.1) is 0 Å². The van der Waals surface area contributed by atoms with Gasteiger partial charge in [-0.2, -0.15) is 4.31 Å². The van der Waals surface area contributed by atoms with Gasteiger partial charge in [0.15, 0.2) is 0 Å². The Labute approximate surface area is 143 Å². The van der Waals surface area contributed by atoms with Crippen molar-refractivity contribution in [2.24, 2.45) is 5.92 Å². The lowest BCUT2D eigenvalue weighted by Gasteiger charge is -2.29. The molecule has 0 radical (unpaired) electrons. The fraction of sp³-hybridized carbons (Fsp3) is 0.556. The lowest BCUT2D eigenvalue weighted by Crippen LogP contribution is -2.37. The Bertz CT molecular complexity index is 831. The quantitative estimate of drug-likeness (QED) is 0.874. The topological polar surface area (TPSA) is 65.2 Å². The number of nitrogens with zero attached hydrogens (tertiary/aromatic N) is 1. The maximum Gasteiger partial charge on any atom is 0.243 e. The fourth-order valence-corrected chi connectivity index (χ4v) is 4.85. The van der Waals surface area contributed by atoms with Crippen LogP contribution in [-0.2, 0) is 16.6 Å². The second kappa shape index (κ2) is 6.17. The molecule has 2 fully saturated rings. The Morgan fingerprint density at radius 3 is 2.62 bits per heavy atom. The van der Waals surface area contributed by atoms with E-state index in [2.05, 4.69) is 23.3 Å². The standard InChI is InChI=1S/C18H25N3O2S/c1-13-6-8-21(9-7-13)24(22,23)17-4-5-18-14(11-17)10-16(20-18)12-19-15-2-3-15/h4-5,10-11,13,15,19-20H,2-3,6-9,12H2,1H3. The van der Waals surface area contributed by atoms with E-state index in [-0.39, 0.29) is 0 Å². The SMILES string of the molecule is CC1CCN(S(=O)(=O)c2ccc3[nH]c(CNC4CC4)cc3c2)CC1. The van der Waals surface area contributed by atoms with Crippen molar-refractivity contribution in [2.45, 2.75) is 50.1 Å². The third kappa shape index (κ3) is 3.23. The average Bonchev–Trinajstić information content (AvgIpc) is 3.30. The van der Waals surface area contributed by atoms with E-state index in [1.165, 1.54) is 12.8 Å². The molecule has 1 aromatic carbocycles. The predicted molar refractivity (Wildman–Crippen MR) is 95.3 cm³/mol. The number of benzene rings is 1. The summed E-state index contributed by atoms with van der Waals surface area (Å²) in [6, 6.07) is 8.13. The number of aromatic amines is 1. The van der Waals surface area contributed by atoms with Crippen LogP contribution in [0.5, 0.6) is 0 Å². The molecule has 24 heavy (non-hydrogen) atoms. The molecule has 0 unspecified atom stereocenters. The molecule has 5 nitrogen and oxygen atoms in total. The molecule has 1 aliphatic heterocycles. The minimum absolute atomic E-state index is 0.408. The summed E-state index contributed by atoms with van der Waals surface area (Å²) in [7, 11) is -3.38. The molecule has 1 aromatic heterocycles. The van der Waals surface area contributed by atoms with E-state index in [9.17, 15) is 8.42 Å². The Morgan fingerprint density at radius 1 is 1.17 bits per heavy atom. The molecule has 2 N–H and O–H groups in total. The molecule has 2 aliphatic rings. The lowest BCUT2D eigenvalue weighted by atomic mass is 10.0. The molecule has 1 saturated heterocycles. The summed E-state index contributed by atoms with van der Waals surface area (Å²) in [4.78, 5) is 3.78. The Morgan fingerprint density at radius 2 is 1.92 bits per heavy atom. The predicted octanol–water partition coefficient (Wildman–Crippen LogP) is 2.84. The zero-order valence-electron chi connectivity index (χ0n) is 14.1. The van der Waals surface area contributed by atoms with E-state index in [1.807, 2.05) is 6.07 Å². The smallest absolute Gasteiger partial charge is 0.243 e. The van der Waals surface area contributed by atoms with Crippen LogP contribution in [0.4, 0.5) is 0 Å². The summed E-state index contributed by atoms with van der Waals surface area (Å²) in [5, 5.41) is 4.44. The van der Waals surface area contributed by atoms with Crippen molar-refractivity contribution in [1.82, 2.24) is 14.6 Å². The highest BCUT2D eigenvalue weighted by atomic mass is 32.2. The largest absolute Gasteiger partial charge is 0.357 e. The molecule has 6 heteroatoms. The van der Waals surface area contributed by atoms with Crippen molar-refractivity contribution in [3.05, 3.63) is 30.0 Å². The van der Waals surface area contributed by atoms with Crippen LogP contribution in [0, 0.1) is 5.92 Å². The van der Waals surface area contributed by atoms with Crippen LogP contribution in [0.15, 0.2) is 29.2 Å². The van der Waals surface area contributed by atoms with Gasteiger partial charge in [0.1, 0.15) is 0 Å². The third-order valence-corrected chi connectivity index (χ3v) is 7.08. The highest BCUT2D eigenvalue weighted by molar-refractivity contribution is 7.89. The maximum absolute atomic E-state index is 12.9. The zero-order chi connectivity index (χ0) is 16.7. The number of rotatable bonds is 5. The third-order valence-electron chi connectivity index (χ3n) is 5.19. The summed E-state index contributed by atoms with van der Waals surface area (Å²) in [5.41, 5.74) is 2.10. The summed E-state index contributed by atoms with van der Waals surface area (Å²) < 4.78 is 27.4. The second-order valence-electron chi connectivity index (χ2n) is 7.29. The molecule has 0 amide bonds. The number of nitrogens with one attached hydrogen (secondary N) is 2. The highest BCUT2D eigenvalue weighted by Gasteiger charge is 2.28. The second-order valence-corrected chi connectivity index (χ2v) is 9.22. The van der Waals surface area contributed by atoms with Crippen LogP contribution < -0.4 is 5.32 Å². The van der Waals surface area contributed by atoms with Crippen LogP contribution in [0.2, 0.25) is 0 Å². The molecule has 0 atom stereocenters. The van der Waals surface area contributed by atoms with Gasteiger partial charge in [0.2, 0.25) is 10.0 Å². The van der Waals surface area contributed by atoms with Crippen LogP contribution >= 0.6 is 0 Å². The van der Waals surface area contributed by atoms with Crippen LogP contribution in [-0.4, -0.2) is 36.8 Å². The highest BCUT2D eigenvalue weighted by Crippen LogP contribution is 2.26. The summed E-state index contributed by atoms with van der Waals surface area (Å²) in [5.74, 6) is 0.616. The fourth-order valence-electron chi connectivity index (χ4n) is 3.34. The molecule has 0 spiro atoms. The minimum Gasteiger partial charge on any atom is -0.357 e. The van der Waals surface area contributed by atoms with E-state index in [0.717, 1.165) is 36.0 Å². The van der Waals surface area contributed by atoms with Gasteiger partial charge >= 0.3 is 0 Å². The molecular formula is C18H25N3O2S. The molecule has 4 rings (SSSR count). The molecule has 1 aliphatic carbocycles. The van der Waals surface area contributed by atoms with Crippen LogP contribution in [0.25, 0.3) is 10.9 Å². The van der Waals surface area contributed by atoms with Crippen molar-refractivity contribution >= 4 is 20.9 Å². The van der Waals surface area contributed by atoms with Crippen LogP contribution in [0.3, 0.4) is 0 Å². The van der Waals surface area contributed by atoms with Crippen LogP contribution in [0.1, 0.15) is 38.3 Å². The Hall–Kier alpha value is -1.37. The number of fused-ring (bicyclic) bond motifs is 1. The van der Waals surface area contributed by atoms with Gasteiger partial charge in [0, 0.05) is 42.3 Å². The first-order valence-corrected chi connectivity index (χ1v) is 10.3. The minimum atomic E-state index is -3.38. The number of hydrogen-bond acceptors (Lipinski definition) is 3. The van der Waals surface area contributed by atoms with Crippen molar-refractivity contribution in [3.63, 3.8) is 0 Å².